The molecule has 108 valence electrons. The lowest BCUT2D eigenvalue weighted by Crippen LogP contribution is -2.21. The molecule has 0 aliphatic carbocycles. The Morgan fingerprint density at radius 3 is 2.21 bits per heavy atom. The number of nitrogens with two attached hydrogens (primary N) is 1. The smallest absolute Gasteiger partial charge is 0.422 e. The van der Waals surface area contributed by atoms with Gasteiger partial charge in [-0.15, -0.1) is 0 Å². The van der Waals surface area contributed by atoms with E-state index in [4.69, 9.17) is 10.5 Å². The van der Waals surface area contributed by atoms with Crippen LogP contribution >= 0.6 is 31.9 Å². The molecule has 0 aromatic heterocycles. The zero-order valence-electron chi connectivity index (χ0n) is 10.2. The molecule has 0 bridgehead atoms. The Kier molecular flexibility index (Phi) is 6.14. The first-order chi connectivity index (χ1) is 8.73. The summed E-state index contributed by atoms with van der Waals surface area (Å²) in [4.78, 5) is 0. The van der Waals surface area contributed by atoms with Gasteiger partial charge in [0.1, 0.15) is 5.75 Å². The van der Waals surface area contributed by atoms with Crippen LogP contribution in [0.15, 0.2) is 21.1 Å². The Balaban J connectivity index is 2.85. The first kappa shape index (κ1) is 16.8. The van der Waals surface area contributed by atoms with Crippen molar-refractivity contribution in [3.63, 3.8) is 0 Å². The van der Waals surface area contributed by atoms with Crippen molar-refractivity contribution in [3.05, 3.63) is 26.6 Å². The molecule has 0 aliphatic heterocycles. The van der Waals surface area contributed by atoms with Gasteiger partial charge in [-0.05, 0) is 62.4 Å². The molecule has 0 saturated carbocycles. The summed E-state index contributed by atoms with van der Waals surface area (Å²) in [6, 6.07) is 3.48. The monoisotopic (exact) mass is 403 g/mol. The van der Waals surface area contributed by atoms with Gasteiger partial charge in [-0.2, -0.15) is 13.2 Å². The van der Waals surface area contributed by atoms with Gasteiger partial charge < -0.3 is 10.5 Å². The fourth-order valence-electron chi connectivity index (χ4n) is 1.47. The molecule has 0 fully saturated rings. The highest BCUT2D eigenvalue weighted by Gasteiger charge is 2.29. The van der Waals surface area contributed by atoms with Crippen molar-refractivity contribution in [2.75, 3.05) is 6.61 Å². The second kappa shape index (κ2) is 6.95. The number of hydrogen-bond acceptors (Lipinski definition) is 2. The highest BCUT2D eigenvalue weighted by Crippen LogP contribution is 2.36. The topological polar surface area (TPSA) is 35.2 Å². The van der Waals surface area contributed by atoms with Crippen molar-refractivity contribution in [3.8, 4) is 5.75 Å². The van der Waals surface area contributed by atoms with Gasteiger partial charge in [-0.25, -0.2) is 0 Å². The molecule has 19 heavy (non-hydrogen) atoms. The summed E-state index contributed by atoms with van der Waals surface area (Å²) in [7, 11) is 0. The van der Waals surface area contributed by atoms with Crippen molar-refractivity contribution in [1.82, 2.24) is 0 Å². The highest BCUT2D eigenvalue weighted by atomic mass is 79.9. The van der Waals surface area contributed by atoms with Gasteiger partial charge in [-0.3, -0.25) is 0 Å². The largest absolute Gasteiger partial charge is 0.482 e. The van der Waals surface area contributed by atoms with Gasteiger partial charge in [0, 0.05) is 6.04 Å². The Morgan fingerprint density at radius 2 is 1.79 bits per heavy atom. The van der Waals surface area contributed by atoms with Crippen LogP contribution in [0.2, 0.25) is 0 Å². The van der Waals surface area contributed by atoms with Gasteiger partial charge in [-0.1, -0.05) is 6.92 Å². The first-order valence-electron chi connectivity index (χ1n) is 5.66. The number of rotatable bonds is 5. The Hall–Kier alpha value is -0.270. The Morgan fingerprint density at radius 1 is 1.26 bits per heavy atom. The maximum atomic E-state index is 12.1. The number of halogens is 5. The molecule has 2 N–H and O–H groups in total. The minimum atomic E-state index is -4.36. The number of ether oxygens (including phenoxy) is 1. The van der Waals surface area contributed by atoms with Crippen LogP contribution in [-0.4, -0.2) is 18.8 Å². The normalized spacial score (nSPS) is 13.4. The van der Waals surface area contributed by atoms with E-state index in [-0.39, 0.29) is 11.8 Å². The second-order valence-corrected chi connectivity index (χ2v) is 5.87. The molecule has 0 saturated heterocycles. The van der Waals surface area contributed by atoms with Gasteiger partial charge in [0.25, 0.3) is 0 Å². The van der Waals surface area contributed by atoms with Crippen LogP contribution in [0.3, 0.4) is 0 Å². The molecular formula is C12H14Br2F3NO. The van der Waals surface area contributed by atoms with Crippen molar-refractivity contribution in [1.29, 1.82) is 0 Å². The first-order valence-corrected chi connectivity index (χ1v) is 7.24. The van der Waals surface area contributed by atoms with E-state index in [1.54, 1.807) is 12.1 Å². The molecule has 1 aromatic rings. The summed E-state index contributed by atoms with van der Waals surface area (Å²) in [6.45, 7) is 0.660. The average molecular weight is 405 g/mol. The molecule has 1 atom stereocenters. The van der Waals surface area contributed by atoms with E-state index in [2.05, 4.69) is 31.9 Å². The van der Waals surface area contributed by atoms with Crippen LogP contribution in [0.4, 0.5) is 13.2 Å². The standard InChI is InChI=1S/C12H14Br2F3NO/c1-2-8(18)3-7-4-9(13)11(10(14)5-7)19-6-12(15,16)17/h4-5,8H,2-3,6,18H2,1H3. The third kappa shape index (κ3) is 5.71. The fourth-order valence-corrected chi connectivity index (χ4v) is 2.98. The van der Waals surface area contributed by atoms with Gasteiger partial charge in [0.2, 0.25) is 0 Å². The van der Waals surface area contributed by atoms with Crippen LogP contribution in [0.5, 0.6) is 5.75 Å². The van der Waals surface area contributed by atoms with Gasteiger partial charge in [0.05, 0.1) is 8.95 Å². The van der Waals surface area contributed by atoms with Crippen LogP contribution in [-0.2, 0) is 6.42 Å². The van der Waals surface area contributed by atoms with Crippen LogP contribution < -0.4 is 10.5 Å². The summed E-state index contributed by atoms with van der Waals surface area (Å²) in [6.07, 6.45) is -2.86. The summed E-state index contributed by atoms with van der Waals surface area (Å²) in [5, 5.41) is 0. The quantitative estimate of drug-likeness (QED) is 0.787. The number of benzene rings is 1. The molecule has 2 nitrogen and oxygen atoms in total. The molecule has 0 aliphatic rings. The molecule has 0 heterocycles. The van der Waals surface area contributed by atoms with E-state index in [0.717, 1.165) is 12.0 Å². The summed E-state index contributed by atoms with van der Waals surface area (Å²) < 4.78 is 42.1. The minimum absolute atomic E-state index is 0.0285. The Labute approximate surface area is 126 Å². The fraction of sp³-hybridized carbons (Fsp3) is 0.500. The molecule has 1 rings (SSSR count). The lowest BCUT2D eigenvalue weighted by atomic mass is 10.0. The number of alkyl halides is 3. The molecule has 0 amide bonds. The van der Waals surface area contributed by atoms with Crippen molar-refractivity contribution >= 4 is 31.9 Å². The van der Waals surface area contributed by atoms with Crippen LogP contribution in [0.1, 0.15) is 18.9 Å². The van der Waals surface area contributed by atoms with Gasteiger partial charge in [0.15, 0.2) is 6.61 Å². The van der Waals surface area contributed by atoms with E-state index in [0.29, 0.717) is 15.4 Å². The van der Waals surface area contributed by atoms with E-state index < -0.39 is 12.8 Å². The van der Waals surface area contributed by atoms with E-state index >= 15 is 0 Å². The minimum Gasteiger partial charge on any atom is -0.482 e. The van der Waals surface area contributed by atoms with E-state index in [1.807, 2.05) is 6.92 Å². The summed E-state index contributed by atoms with van der Waals surface area (Å²) in [5.41, 5.74) is 6.79. The van der Waals surface area contributed by atoms with Gasteiger partial charge >= 0.3 is 6.18 Å². The van der Waals surface area contributed by atoms with E-state index in [1.165, 1.54) is 0 Å². The van der Waals surface area contributed by atoms with Crippen LogP contribution in [0.25, 0.3) is 0 Å². The summed E-state index contributed by atoms with van der Waals surface area (Å²) >= 11 is 6.43. The second-order valence-electron chi connectivity index (χ2n) is 4.16. The van der Waals surface area contributed by atoms with Crippen molar-refractivity contribution < 1.29 is 17.9 Å². The number of hydrogen-bond donors (Lipinski definition) is 1. The predicted molar refractivity (Wildman–Crippen MR) is 75.4 cm³/mol. The zero-order chi connectivity index (χ0) is 14.6. The molecule has 1 unspecified atom stereocenters. The van der Waals surface area contributed by atoms with Crippen molar-refractivity contribution in [2.24, 2.45) is 5.73 Å². The average Bonchev–Trinajstić information content (AvgIpc) is 2.26. The lowest BCUT2D eigenvalue weighted by molar-refractivity contribution is -0.153. The SMILES string of the molecule is CCC(N)Cc1cc(Br)c(OCC(F)(F)F)c(Br)c1. The molecule has 1 aromatic carbocycles. The van der Waals surface area contributed by atoms with Crippen LogP contribution in [0, 0.1) is 0 Å². The maximum absolute atomic E-state index is 12.1. The third-order valence-electron chi connectivity index (χ3n) is 2.46. The third-order valence-corrected chi connectivity index (χ3v) is 3.64. The maximum Gasteiger partial charge on any atom is 0.422 e. The molecule has 0 spiro atoms. The highest BCUT2D eigenvalue weighted by molar-refractivity contribution is 9.11. The van der Waals surface area contributed by atoms with Crippen molar-refractivity contribution in [2.45, 2.75) is 32.0 Å². The van der Waals surface area contributed by atoms with E-state index in [9.17, 15) is 13.2 Å². The lowest BCUT2D eigenvalue weighted by Gasteiger charge is -2.15. The predicted octanol–water partition coefficient (Wildman–Crippen LogP) is 4.43. The Bertz CT molecular complexity index is 414. The molecule has 0 radical (unpaired) electrons. The zero-order valence-corrected chi connectivity index (χ0v) is 13.4. The summed E-state index contributed by atoms with van der Waals surface area (Å²) in [5.74, 6) is 0.145. The molecular weight excluding hydrogens is 391 g/mol. The molecule has 7 heteroatoms.